The Morgan fingerprint density at radius 2 is 2.08 bits per heavy atom. The smallest absolute Gasteiger partial charge is 0.187 e. The van der Waals surface area contributed by atoms with E-state index < -0.39 is 0 Å². The summed E-state index contributed by atoms with van der Waals surface area (Å²) in [5, 5.41) is 5.87. The standard InChI is InChI=1S/C16H12ClN7/c17-11-3-1-2-10(6-11)8-24-9-12-14(18)21-16(22-15(12)23-24)13-7-19-4-5-20-13/h1-7,9H,8H2,(H2,18,21,22,23). The summed E-state index contributed by atoms with van der Waals surface area (Å²) in [6.45, 7) is 0.566. The van der Waals surface area contributed by atoms with Crippen LogP contribution in [0.25, 0.3) is 22.6 Å². The van der Waals surface area contributed by atoms with E-state index in [9.17, 15) is 0 Å². The predicted octanol–water partition coefficient (Wildman–Crippen LogP) is 2.57. The van der Waals surface area contributed by atoms with E-state index in [2.05, 4.69) is 25.0 Å². The quantitative estimate of drug-likeness (QED) is 0.617. The van der Waals surface area contributed by atoms with Crippen LogP contribution in [0, 0.1) is 0 Å². The van der Waals surface area contributed by atoms with Crippen LogP contribution in [0.4, 0.5) is 5.82 Å². The van der Waals surface area contributed by atoms with Gasteiger partial charge in [0.05, 0.1) is 18.1 Å². The fourth-order valence-electron chi connectivity index (χ4n) is 2.41. The number of benzene rings is 1. The lowest BCUT2D eigenvalue weighted by Crippen LogP contribution is -2.00. The monoisotopic (exact) mass is 337 g/mol. The lowest BCUT2D eigenvalue weighted by Gasteiger charge is -2.01. The van der Waals surface area contributed by atoms with Gasteiger partial charge in [-0.1, -0.05) is 23.7 Å². The van der Waals surface area contributed by atoms with E-state index in [1.165, 1.54) is 0 Å². The first kappa shape index (κ1) is 14.5. The van der Waals surface area contributed by atoms with E-state index in [1.54, 1.807) is 23.3 Å². The fraction of sp³-hybridized carbons (Fsp3) is 0.0625. The number of nitrogens with zero attached hydrogens (tertiary/aromatic N) is 6. The van der Waals surface area contributed by atoms with Gasteiger partial charge in [0.1, 0.15) is 11.5 Å². The maximum absolute atomic E-state index is 6.05. The summed E-state index contributed by atoms with van der Waals surface area (Å²) in [5.41, 5.74) is 8.16. The molecule has 118 valence electrons. The van der Waals surface area contributed by atoms with Crippen LogP contribution >= 0.6 is 11.6 Å². The maximum atomic E-state index is 6.05. The molecule has 0 fully saturated rings. The summed E-state index contributed by atoms with van der Waals surface area (Å²) < 4.78 is 1.77. The maximum Gasteiger partial charge on any atom is 0.187 e. The first-order chi connectivity index (χ1) is 11.7. The van der Waals surface area contributed by atoms with Crippen LogP contribution in [0.3, 0.4) is 0 Å². The van der Waals surface area contributed by atoms with Crippen LogP contribution < -0.4 is 5.73 Å². The SMILES string of the molecule is Nc1nc(-c2cnccn2)nc2nn(Cc3cccc(Cl)c3)cc12. The molecule has 0 saturated carbocycles. The molecule has 4 rings (SSSR count). The van der Waals surface area contributed by atoms with E-state index in [0.29, 0.717) is 39.9 Å². The van der Waals surface area contributed by atoms with Crippen LogP contribution in [0.1, 0.15) is 5.56 Å². The van der Waals surface area contributed by atoms with Crippen molar-refractivity contribution in [2.24, 2.45) is 0 Å². The third-order valence-corrected chi connectivity index (χ3v) is 3.72. The summed E-state index contributed by atoms with van der Waals surface area (Å²) in [4.78, 5) is 16.9. The Labute approximate surface area is 142 Å². The zero-order valence-electron chi connectivity index (χ0n) is 12.5. The molecule has 0 saturated heterocycles. The summed E-state index contributed by atoms with van der Waals surface area (Å²) in [6, 6.07) is 7.62. The van der Waals surface area contributed by atoms with Crippen LogP contribution in [0.2, 0.25) is 5.02 Å². The molecule has 24 heavy (non-hydrogen) atoms. The topological polar surface area (TPSA) is 95.4 Å². The van der Waals surface area contributed by atoms with Gasteiger partial charge in [0.2, 0.25) is 0 Å². The number of nitrogen functional groups attached to an aromatic ring is 1. The van der Waals surface area contributed by atoms with Crippen molar-refractivity contribution in [1.29, 1.82) is 0 Å². The van der Waals surface area contributed by atoms with Gasteiger partial charge >= 0.3 is 0 Å². The van der Waals surface area contributed by atoms with E-state index in [0.717, 1.165) is 5.56 Å². The highest BCUT2D eigenvalue weighted by atomic mass is 35.5. The molecule has 0 aliphatic rings. The van der Waals surface area contributed by atoms with Crippen molar-refractivity contribution >= 4 is 28.5 Å². The Morgan fingerprint density at radius 3 is 2.88 bits per heavy atom. The molecule has 7 nitrogen and oxygen atoms in total. The molecule has 0 atom stereocenters. The molecule has 8 heteroatoms. The van der Waals surface area contributed by atoms with Crippen molar-refractivity contribution in [3.8, 4) is 11.5 Å². The van der Waals surface area contributed by atoms with Gasteiger partial charge in [-0.25, -0.2) is 15.0 Å². The summed E-state index contributed by atoms with van der Waals surface area (Å²) in [7, 11) is 0. The van der Waals surface area contributed by atoms with Crippen molar-refractivity contribution in [3.63, 3.8) is 0 Å². The van der Waals surface area contributed by atoms with Gasteiger partial charge < -0.3 is 5.73 Å². The van der Waals surface area contributed by atoms with Gasteiger partial charge in [-0.2, -0.15) is 5.10 Å². The van der Waals surface area contributed by atoms with E-state index in [4.69, 9.17) is 17.3 Å². The number of hydrogen-bond donors (Lipinski definition) is 1. The zero-order valence-corrected chi connectivity index (χ0v) is 13.2. The fourth-order valence-corrected chi connectivity index (χ4v) is 2.62. The number of fused-ring (bicyclic) bond motifs is 1. The molecule has 0 aliphatic heterocycles. The molecule has 1 aromatic carbocycles. The van der Waals surface area contributed by atoms with E-state index in [1.807, 2.05) is 30.5 Å². The minimum absolute atomic E-state index is 0.359. The van der Waals surface area contributed by atoms with Gasteiger partial charge in [0.15, 0.2) is 11.5 Å². The van der Waals surface area contributed by atoms with Crippen molar-refractivity contribution in [2.45, 2.75) is 6.54 Å². The third kappa shape index (κ3) is 2.77. The Hall–Kier alpha value is -3.06. The first-order valence-electron chi connectivity index (χ1n) is 7.20. The second-order valence-electron chi connectivity index (χ2n) is 5.22. The number of nitrogens with two attached hydrogens (primary N) is 1. The number of anilines is 1. The Morgan fingerprint density at radius 1 is 1.17 bits per heavy atom. The Bertz CT molecular complexity index is 1010. The Balaban J connectivity index is 1.74. The first-order valence-corrected chi connectivity index (χ1v) is 7.58. The highest BCUT2D eigenvalue weighted by Crippen LogP contribution is 2.21. The second-order valence-corrected chi connectivity index (χ2v) is 5.65. The van der Waals surface area contributed by atoms with Crippen LogP contribution in [-0.4, -0.2) is 29.7 Å². The largest absolute Gasteiger partial charge is 0.383 e. The van der Waals surface area contributed by atoms with Gasteiger partial charge in [-0.3, -0.25) is 9.67 Å². The molecular formula is C16H12ClN7. The zero-order chi connectivity index (χ0) is 16.5. The second kappa shape index (κ2) is 5.86. The summed E-state index contributed by atoms with van der Waals surface area (Å²) >= 11 is 6.02. The molecule has 0 aliphatic carbocycles. The molecule has 0 spiro atoms. The predicted molar refractivity (Wildman–Crippen MR) is 91.3 cm³/mol. The molecule has 4 aromatic rings. The highest BCUT2D eigenvalue weighted by Gasteiger charge is 2.12. The van der Waals surface area contributed by atoms with E-state index >= 15 is 0 Å². The molecular weight excluding hydrogens is 326 g/mol. The molecule has 0 unspecified atom stereocenters. The minimum Gasteiger partial charge on any atom is -0.383 e. The number of hydrogen-bond acceptors (Lipinski definition) is 6. The van der Waals surface area contributed by atoms with Crippen LogP contribution in [-0.2, 0) is 6.54 Å². The van der Waals surface area contributed by atoms with Crippen LogP contribution in [0.15, 0.2) is 49.1 Å². The molecule has 0 amide bonds. The van der Waals surface area contributed by atoms with Crippen molar-refractivity contribution in [1.82, 2.24) is 29.7 Å². The molecule has 2 N–H and O–H groups in total. The minimum atomic E-state index is 0.359. The number of halogens is 1. The normalized spacial score (nSPS) is 11.0. The summed E-state index contributed by atoms with van der Waals surface area (Å²) in [6.07, 6.45) is 6.58. The highest BCUT2D eigenvalue weighted by molar-refractivity contribution is 6.30. The van der Waals surface area contributed by atoms with Gasteiger partial charge in [-0.05, 0) is 17.7 Å². The molecule has 3 aromatic heterocycles. The molecule has 0 bridgehead atoms. The van der Waals surface area contributed by atoms with Gasteiger partial charge in [0, 0.05) is 23.6 Å². The Kier molecular flexibility index (Phi) is 3.55. The average molecular weight is 338 g/mol. The average Bonchev–Trinajstić information content (AvgIpc) is 2.99. The molecule has 3 heterocycles. The van der Waals surface area contributed by atoms with E-state index in [-0.39, 0.29) is 0 Å². The van der Waals surface area contributed by atoms with Crippen LogP contribution in [0.5, 0.6) is 0 Å². The van der Waals surface area contributed by atoms with Crippen molar-refractivity contribution < 1.29 is 0 Å². The lowest BCUT2D eigenvalue weighted by molar-refractivity contribution is 0.693. The lowest BCUT2D eigenvalue weighted by atomic mass is 10.2. The number of rotatable bonds is 3. The van der Waals surface area contributed by atoms with Crippen molar-refractivity contribution in [2.75, 3.05) is 5.73 Å². The van der Waals surface area contributed by atoms with Gasteiger partial charge in [-0.15, -0.1) is 0 Å². The van der Waals surface area contributed by atoms with Gasteiger partial charge in [0.25, 0.3) is 0 Å². The molecule has 0 radical (unpaired) electrons. The van der Waals surface area contributed by atoms with Crippen molar-refractivity contribution in [3.05, 3.63) is 59.6 Å². The third-order valence-electron chi connectivity index (χ3n) is 3.48. The summed E-state index contributed by atoms with van der Waals surface area (Å²) in [5.74, 6) is 0.763. The number of aromatic nitrogens is 6.